The van der Waals surface area contributed by atoms with Gasteiger partial charge < -0.3 is 10.6 Å². The summed E-state index contributed by atoms with van der Waals surface area (Å²) in [5.41, 5.74) is -0.249. The van der Waals surface area contributed by atoms with E-state index >= 15 is 0 Å². The zero-order chi connectivity index (χ0) is 23.0. The van der Waals surface area contributed by atoms with Gasteiger partial charge >= 0.3 is 0 Å². The number of carbonyl (C=O) groups is 3. The van der Waals surface area contributed by atoms with Gasteiger partial charge in [-0.05, 0) is 24.3 Å². The van der Waals surface area contributed by atoms with Crippen LogP contribution in [0.15, 0.2) is 78.2 Å². The van der Waals surface area contributed by atoms with E-state index in [9.17, 15) is 27.4 Å². The lowest BCUT2D eigenvalue weighted by molar-refractivity contribution is -0.111. The van der Waals surface area contributed by atoms with E-state index in [0.717, 1.165) is 12.1 Å². The van der Waals surface area contributed by atoms with Gasteiger partial charge in [-0.15, -0.1) is 0 Å². The van der Waals surface area contributed by atoms with Crippen LogP contribution in [-0.2, 0) is 14.9 Å². The predicted molar refractivity (Wildman–Crippen MR) is 118 cm³/mol. The van der Waals surface area contributed by atoms with E-state index in [1.807, 2.05) is 0 Å². The number of ketones is 2. The van der Waals surface area contributed by atoms with E-state index in [2.05, 4.69) is 17.2 Å². The molecule has 0 fully saturated rings. The molecule has 0 saturated heterocycles. The average molecular weight is 448 g/mol. The van der Waals surface area contributed by atoms with Crippen molar-refractivity contribution in [1.82, 2.24) is 0 Å². The summed E-state index contributed by atoms with van der Waals surface area (Å²) in [7, 11) is -4.91. The van der Waals surface area contributed by atoms with Crippen LogP contribution in [0.2, 0.25) is 0 Å². The number of hydrogen-bond donors (Lipinski definition) is 3. The van der Waals surface area contributed by atoms with E-state index in [1.165, 1.54) is 12.1 Å². The minimum Gasteiger partial charge on any atom is -0.355 e. The third-order valence-corrected chi connectivity index (χ3v) is 5.80. The van der Waals surface area contributed by atoms with Gasteiger partial charge in [0.2, 0.25) is 5.91 Å². The Bertz CT molecular complexity index is 1410. The SMILES string of the molecule is C=CC(=O)Nc1c(S(=O)(=O)O)cc(Nc2ccccc2)c2c1C(=O)c1ccccc1C2=O. The van der Waals surface area contributed by atoms with Crippen LogP contribution in [0.1, 0.15) is 31.8 Å². The van der Waals surface area contributed by atoms with Crippen LogP contribution in [0.3, 0.4) is 0 Å². The fourth-order valence-corrected chi connectivity index (χ4v) is 4.22. The summed E-state index contributed by atoms with van der Waals surface area (Å²) in [6, 6.07) is 15.7. The highest BCUT2D eigenvalue weighted by Crippen LogP contribution is 2.41. The third kappa shape index (κ3) is 3.59. The van der Waals surface area contributed by atoms with Crippen LogP contribution >= 0.6 is 0 Å². The fraction of sp³-hybridized carbons (Fsp3) is 0. The van der Waals surface area contributed by atoms with Crippen LogP contribution < -0.4 is 10.6 Å². The zero-order valence-electron chi connectivity index (χ0n) is 16.5. The van der Waals surface area contributed by atoms with Crippen molar-refractivity contribution in [2.45, 2.75) is 4.90 Å². The number of carbonyl (C=O) groups excluding carboxylic acids is 3. The molecule has 3 N–H and O–H groups in total. The summed E-state index contributed by atoms with van der Waals surface area (Å²) in [5.74, 6) is -2.03. The van der Waals surface area contributed by atoms with E-state index in [1.54, 1.807) is 42.5 Å². The Morgan fingerprint density at radius 1 is 0.906 bits per heavy atom. The van der Waals surface area contributed by atoms with Gasteiger partial charge in [-0.25, -0.2) is 0 Å². The van der Waals surface area contributed by atoms with Crippen molar-refractivity contribution in [1.29, 1.82) is 0 Å². The van der Waals surface area contributed by atoms with Crippen molar-refractivity contribution >= 4 is 44.7 Å². The maximum atomic E-state index is 13.4. The Morgan fingerprint density at radius 2 is 1.47 bits per heavy atom. The molecule has 0 heterocycles. The number of hydrogen-bond acceptors (Lipinski definition) is 6. The maximum Gasteiger partial charge on any atom is 0.296 e. The van der Waals surface area contributed by atoms with Crippen LogP contribution in [0.25, 0.3) is 0 Å². The van der Waals surface area contributed by atoms with Gasteiger partial charge in [-0.2, -0.15) is 8.42 Å². The molecule has 0 saturated carbocycles. The van der Waals surface area contributed by atoms with E-state index in [4.69, 9.17) is 0 Å². The molecular weight excluding hydrogens is 432 g/mol. The minimum absolute atomic E-state index is 0.0109. The molecule has 32 heavy (non-hydrogen) atoms. The second-order valence-corrected chi connectivity index (χ2v) is 8.30. The van der Waals surface area contributed by atoms with Crippen molar-refractivity contribution in [2.24, 2.45) is 0 Å². The maximum absolute atomic E-state index is 13.4. The smallest absolute Gasteiger partial charge is 0.296 e. The Balaban J connectivity index is 2.09. The molecule has 8 nitrogen and oxygen atoms in total. The van der Waals surface area contributed by atoms with Gasteiger partial charge in [0.15, 0.2) is 11.6 Å². The molecule has 0 aliphatic heterocycles. The van der Waals surface area contributed by atoms with Crippen molar-refractivity contribution in [3.05, 3.63) is 95.6 Å². The van der Waals surface area contributed by atoms with Crippen LogP contribution in [0.4, 0.5) is 17.1 Å². The predicted octanol–water partition coefficient (Wildman–Crippen LogP) is 3.58. The number of benzene rings is 3. The van der Waals surface area contributed by atoms with Gasteiger partial charge in [0.1, 0.15) is 4.90 Å². The van der Waals surface area contributed by atoms with Gasteiger partial charge in [0.05, 0.1) is 22.5 Å². The standard InChI is InChI=1S/C23H16N2O6S/c1-2-18(26)25-21-17(32(29,30)31)12-16(24-13-8-4-3-5-9-13)19-20(21)23(28)15-11-7-6-10-14(15)22(19)27/h2-12,24H,1H2,(H,25,26)(H,29,30,31). The van der Waals surface area contributed by atoms with Gasteiger partial charge in [-0.3, -0.25) is 18.9 Å². The Kier molecular flexibility index (Phi) is 5.21. The number of amides is 1. The molecule has 1 aliphatic rings. The Morgan fingerprint density at radius 3 is 2.03 bits per heavy atom. The number of para-hydroxylation sites is 1. The Hall–Kier alpha value is -4.08. The molecule has 0 aromatic heterocycles. The van der Waals surface area contributed by atoms with Crippen molar-refractivity contribution < 1.29 is 27.4 Å². The third-order valence-electron chi connectivity index (χ3n) is 4.93. The van der Waals surface area contributed by atoms with Crippen LogP contribution in [-0.4, -0.2) is 30.4 Å². The summed E-state index contributed by atoms with van der Waals surface area (Å²) < 4.78 is 34.3. The number of fused-ring (bicyclic) bond motifs is 2. The summed E-state index contributed by atoms with van der Waals surface area (Å²) >= 11 is 0. The molecule has 0 spiro atoms. The van der Waals surface area contributed by atoms with Gasteiger partial charge in [0, 0.05) is 16.8 Å². The van der Waals surface area contributed by atoms with E-state index in [0.29, 0.717) is 5.69 Å². The number of rotatable bonds is 5. The summed E-state index contributed by atoms with van der Waals surface area (Å²) in [6.07, 6.45) is 0.874. The largest absolute Gasteiger partial charge is 0.355 e. The monoisotopic (exact) mass is 448 g/mol. The Labute approximate surface area is 183 Å². The molecule has 1 aliphatic carbocycles. The number of anilines is 3. The first-order valence-electron chi connectivity index (χ1n) is 9.34. The van der Waals surface area contributed by atoms with E-state index in [-0.39, 0.29) is 27.9 Å². The highest BCUT2D eigenvalue weighted by molar-refractivity contribution is 7.86. The molecule has 0 radical (unpaired) electrons. The quantitative estimate of drug-likeness (QED) is 0.314. The van der Waals surface area contributed by atoms with E-state index < -0.39 is 38.2 Å². The first-order valence-corrected chi connectivity index (χ1v) is 10.8. The highest BCUT2D eigenvalue weighted by atomic mass is 32.2. The average Bonchev–Trinajstić information content (AvgIpc) is 2.77. The van der Waals surface area contributed by atoms with Crippen LogP contribution in [0.5, 0.6) is 0 Å². The molecule has 0 atom stereocenters. The lowest BCUT2D eigenvalue weighted by atomic mass is 9.82. The van der Waals surface area contributed by atoms with Gasteiger partial charge in [0.25, 0.3) is 10.1 Å². The highest BCUT2D eigenvalue weighted by Gasteiger charge is 2.37. The molecule has 3 aromatic carbocycles. The second kappa shape index (κ2) is 7.88. The van der Waals surface area contributed by atoms with Gasteiger partial charge in [-0.1, -0.05) is 49.0 Å². The lowest BCUT2D eigenvalue weighted by Crippen LogP contribution is -2.26. The fourth-order valence-electron chi connectivity index (χ4n) is 3.55. The minimum atomic E-state index is -4.91. The normalized spacial score (nSPS) is 12.5. The number of nitrogens with one attached hydrogen (secondary N) is 2. The zero-order valence-corrected chi connectivity index (χ0v) is 17.3. The summed E-state index contributed by atoms with van der Waals surface area (Å²) in [5, 5.41) is 5.21. The second-order valence-electron chi connectivity index (χ2n) is 6.91. The van der Waals surface area contributed by atoms with Crippen LogP contribution in [0, 0.1) is 0 Å². The van der Waals surface area contributed by atoms with Crippen molar-refractivity contribution in [3.8, 4) is 0 Å². The molecule has 3 aromatic rings. The first-order chi connectivity index (χ1) is 15.2. The summed E-state index contributed by atoms with van der Waals surface area (Å²) in [4.78, 5) is 38.1. The molecule has 0 unspecified atom stereocenters. The molecule has 1 amide bonds. The molecule has 0 bridgehead atoms. The molecule has 160 valence electrons. The molecular formula is C23H16N2O6S. The first kappa shape index (κ1) is 21.2. The summed E-state index contributed by atoms with van der Waals surface area (Å²) in [6.45, 7) is 3.32. The topological polar surface area (TPSA) is 130 Å². The molecule has 9 heteroatoms. The van der Waals surface area contributed by atoms with Crippen molar-refractivity contribution in [2.75, 3.05) is 10.6 Å². The van der Waals surface area contributed by atoms with Crippen molar-refractivity contribution in [3.63, 3.8) is 0 Å². The molecule has 4 rings (SSSR count). The lowest BCUT2D eigenvalue weighted by Gasteiger charge is -2.25.